The van der Waals surface area contributed by atoms with Crippen LogP contribution in [0.5, 0.6) is 0 Å². The molecule has 11 heteroatoms. The summed E-state index contributed by atoms with van der Waals surface area (Å²) >= 11 is 1.06. The molecule has 0 fully saturated rings. The number of thiazole rings is 1. The van der Waals surface area contributed by atoms with Gasteiger partial charge in [0.15, 0.2) is 4.80 Å². The summed E-state index contributed by atoms with van der Waals surface area (Å²) in [6.45, 7) is 1.52. The largest absolute Gasteiger partial charge is 0.465 e. The molecule has 8 nitrogen and oxygen atoms in total. The summed E-state index contributed by atoms with van der Waals surface area (Å²) in [6.07, 6.45) is 0. The molecule has 2 aromatic carbocycles. The van der Waals surface area contributed by atoms with Gasteiger partial charge < -0.3 is 9.30 Å². The van der Waals surface area contributed by atoms with Crippen LogP contribution in [-0.4, -0.2) is 49.9 Å². The molecule has 1 amide bonds. The first kappa shape index (κ1) is 22.8. The van der Waals surface area contributed by atoms with Gasteiger partial charge in [-0.25, -0.2) is 17.1 Å². The summed E-state index contributed by atoms with van der Waals surface area (Å²) in [6, 6.07) is 9.78. The average Bonchev–Trinajstić information content (AvgIpc) is 3.06. The molecule has 164 valence electrons. The molecule has 31 heavy (non-hydrogen) atoms. The second kappa shape index (κ2) is 9.08. The molecule has 0 atom stereocenters. The molecule has 3 aromatic rings. The minimum Gasteiger partial charge on any atom is -0.465 e. The van der Waals surface area contributed by atoms with Gasteiger partial charge in [-0.05, 0) is 43.3 Å². The van der Waals surface area contributed by atoms with Crippen LogP contribution in [0, 0.1) is 5.82 Å². The normalized spacial score (nSPS) is 12.5. The molecule has 0 aliphatic carbocycles. The SMILES string of the molecule is CCOC(=O)Cn1c(=NC(=O)c2ccc(S(=O)(=O)N(C)C)cc2)sc2cccc(F)c21. The number of benzene rings is 2. The number of fused-ring (bicyclic) bond motifs is 1. The third-order valence-electron chi connectivity index (χ3n) is 4.32. The fraction of sp³-hybridized carbons (Fsp3) is 0.250. The lowest BCUT2D eigenvalue weighted by Gasteiger charge is -2.11. The number of esters is 1. The van der Waals surface area contributed by atoms with Crippen molar-refractivity contribution in [2.24, 2.45) is 4.99 Å². The van der Waals surface area contributed by atoms with E-state index in [0.29, 0.717) is 4.70 Å². The number of amides is 1. The Bertz CT molecular complexity index is 1310. The van der Waals surface area contributed by atoms with Gasteiger partial charge in [-0.1, -0.05) is 17.4 Å². The minimum atomic E-state index is -3.63. The van der Waals surface area contributed by atoms with Crippen molar-refractivity contribution >= 4 is 43.5 Å². The monoisotopic (exact) mass is 465 g/mol. The van der Waals surface area contributed by atoms with Crippen LogP contribution in [0.4, 0.5) is 4.39 Å². The van der Waals surface area contributed by atoms with E-state index < -0.39 is 27.7 Å². The number of ether oxygens (including phenoxy) is 1. The third kappa shape index (κ3) is 4.73. The zero-order valence-corrected chi connectivity index (χ0v) is 18.7. The Morgan fingerprint density at radius 1 is 1.16 bits per heavy atom. The highest BCUT2D eigenvalue weighted by Gasteiger charge is 2.18. The third-order valence-corrected chi connectivity index (χ3v) is 7.19. The quantitative estimate of drug-likeness (QED) is 0.521. The number of nitrogens with zero attached hydrogens (tertiary/aromatic N) is 3. The van der Waals surface area contributed by atoms with Crippen LogP contribution in [0.25, 0.3) is 10.2 Å². The fourth-order valence-electron chi connectivity index (χ4n) is 2.79. The Labute approximate surface area is 182 Å². The van der Waals surface area contributed by atoms with Crippen molar-refractivity contribution in [3.63, 3.8) is 0 Å². The molecule has 1 aromatic heterocycles. The molecule has 0 saturated carbocycles. The van der Waals surface area contributed by atoms with Crippen molar-refractivity contribution in [2.45, 2.75) is 18.4 Å². The number of sulfonamides is 1. The molecule has 0 bridgehead atoms. The van der Waals surface area contributed by atoms with Crippen molar-refractivity contribution in [3.05, 3.63) is 58.6 Å². The Balaban J connectivity index is 2.05. The first-order valence-electron chi connectivity index (χ1n) is 9.20. The van der Waals surface area contributed by atoms with Gasteiger partial charge in [0.1, 0.15) is 12.4 Å². The van der Waals surface area contributed by atoms with E-state index in [2.05, 4.69) is 4.99 Å². The van der Waals surface area contributed by atoms with E-state index in [-0.39, 0.29) is 33.9 Å². The number of para-hydroxylation sites is 1. The van der Waals surface area contributed by atoms with Gasteiger partial charge in [0.05, 0.1) is 21.7 Å². The molecular formula is C20H20FN3O5S2. The summed E-state index contributed by atoms with van der Waals surface area (Å²) in [5, 5.41) is 0. The molecule has 3 rings (SSSR count). The predicted molar refractivity (Wildman–Crippen MR) is 114 cm³/mol. The van der Waals surface area contributed by atoms with Crippen molar-refractivity contribution in [1.82, 2.24) is 8.87 Å². The Morgan fingerprint density at radius 3 is 2.45 bits per heavy atom. The molecule has 0 saturated heterocycles. The number of hydrogen-bond acceptors (Lipinski definition) is 6. The highest BCUT2D eigenvalue weighted by atomic mass is 32.2. The van der Waals surface area contributed by atoms with Gasteiger partial charge >= 0.3 is 5.97 Å². The van der Waals surface area contributed by atoms with Gasteiger partial charge in [-0.2, -0.15) is 4.99 Å². The summed E-state index contributed by atoms with van der Waals surface area (Å²) < 4.78 is 46.6. The Kier molecular flexibility index (Phi) is 6.68. The summed E-state index contributed by atoms with van der Waals surface area (Å²) in [5.41, 5.74) is 0.304. The van der Waals surface area contributed by atoms with Gasteiger partial charge in [-0.15, -0.1) is 0 Å². The summed E-state index contributed by atoms with van der Waals surface area (Å²) in [4.78, 5) is 28.9. The average molecular weight is 466 g/mol. The number of hydrogen-bond donors (Lipinski definition) is 0. The molecule has 0 N–H and O–H groups in total. The van der Waals surface area contributed by atoms with E-state index in [9.17, 15) is 22.4 Å². The van der Waals surface area contributed by atoms with Crippen LogP contribution in [0.2, 0.25) is 0 Å². The molecule has 1 heterocycles. The number of carbonyl (C=O) groups excluding carboxylic acids is 2. The highest BCUT2D eigenvalue weighted by Crippen LogP contribution is 2.21. The smallest absolute Gasteiger partial charge is 0.326 e. The van der Waals surface area contributed by atoms with Crippen LogP contribution in [0.3, 0.4) is 0 Å². The Hall–Kier alpha value is -2.89. The van der Waals surface area contributed by atoms with E-state index >= 15 is 0 Å². The molecule has 0 aliphatic rings. The lowest BCUT2D eigenvalue weighted by atomic mass is 10.2. The van der Waals surface area contributed by atoms with Crippen molar-refractivity contribution in [3.8, 4) is 0 Å². The zero-order valence-electron chi connectivity index (χ0n) is 17.0. The number of halogens is 1. The van der Waals surface area contributed by atoms with E-state index in [4.69, 9.17) is 4.74 Å². The zero-order chi connectivity index (χ0) is 22.8. The van der Waals surface area contributed by atoms with Gasteiger partial charge in [0.25, 0.3) is 5.91 Å². The minimum absolute atomic E-state index is 0.0374. The number of carbonyl (C=O) groups is 2. The van der Waals surface area contributed by atoms with Crippen LogP contribution in [-0.2, 0) is 26.1 Å². The van der Waals surface area contributed by atoms with E-state index in [1.807, 2.05) is 0 Å². The van der Waals surface area contributed by atoms with Gasteiger partial charge in [0, 0.05) is 19.7 Å². The predicted octanol–water partition coefficient (Wildman–Crippen LogP) is 2.40. The lowest BCUT2D eigenvalue weighted by molar-refractivity contribution is -0.143. The fourth-order valence-corrected chi connectivity index (χ4v) is 4.73. The first-order valence-corrected chi connectivity index (χ1v) is 11.5. The van der Waals surface area contributed by atoms with E-state index in [1.165, 1.54) is 55.1 Å². The maximum Gasteiger partial charge on any atom is 0.326 e. The first-order chi connectivity index (χ1) is 14.6. The van der Waals surface area contributed by atoms with Gasteiger partial charge in [-0.3, -0.25) is 9.59 Å². The summed E-state index contributed by atoms with van der Waals surface area (Å²) in [7, 11) is -0.811. The van der Waals surface area contributed by atoms with E-state index in [1.54, 1.807) is 13.0 Å². The maximum absolute atomic E-state index is 14.4. The van der Waals surface area contributed by atoms with Gasteiger partial charge in [0.2, 0.25) is 10.0 Å². The molecule has 0 spiro atoms. The number of rotatable bonds is 6. The molecule has 0 radical (unpaired) electrons. The standard InChI is InChI=1S/C20H20FN3O5S2/c1-4-29-17(25)12-24-18-15(21)6-5-7-16(18)30-20(24)22-19(26)13-8-10-14(11-9-13)31(27,28)23(2)3/h5-11H,4,12H2,1-3H3. The second-order valence-electron chi connectivity index (χ2n) is 6.59. The van der Waals surface area contributed by atoms with Crippen LogP contribution < -0.4 is 4.80 Å². The van der Waals surface area contributed by atoms with Crippen LogP contribution in [0.1, 0.15) is 17.3 Å². The van der Waals surface area contributed by atoms with Crippen LogP contribution in [0.15, 0.2) is 52.4 Å². The second-order valence-corrected chi connectivity index (χ2v) is 9.75. The number of aromatic nitrogens is 1. The van der Waals surface area contributed by atoms with E-state index in [0.717, 1.165) is 15.6 Å². The van der Waals surface area contributed by atoms with Crippen molar-refractivity contribution in [2.75, 3.05) is 20.7 Å². The van der Waals surface area contributed by atoms with Crippen LogP contribution >= 0.6 is 11.3 Å². The van der Waals surface area contributed by atoms with Crippen molar-refractivity contribution in [1.29, 1.82) is 0 Å². The molecule has 0 aliphatic heterocycles. The molecule has 0 unspecified atom stereocenters. The summed E-state index contributed by atoms with van der Waals surface area (Å²) in [5.74, 6) is -1.79. The lowest BCUT2D eigenvalue weighted by Crippen LogP contribution is -2.23. The topological polar surface area (TPSA) is 98.0 Å². The Morgan fingerprint density at radius 2 is 1.84 bits per heavy atom. The highest BCUT2D eigenvalue weighted by molar-refractivity contribution is 7.89. The maximum atomic E-state index is 14.4. The molecular weight excluding hydrogens is 445 g/mol. The van der Waals surface area contributed by atoms with Crippen molar-refractivity contribution < 1.29 is 27.1 Å².